The van der Waals surface area contributed by atoms with Gasteiger partial charge in [-0.15, -0.1) is 0 Å². The van der Waals surface area contributed by atoms with E-state index in [4.69, 9.17) is 9.84 Å². The molecule has 1 saturated heterocycles. The van der Waals surface area contributed by atoms with E-state index in [1.165, 1.54) is 11.3 Å². The number of amides is 1. The number of thiophene rings is 1. The SMILES string of the molecule is O=C(O)C1CCC(C(=O)NCC(O)c2ccsc2)O1. The van der Waals surface area contributed by atoms with E-state index in [0.29, 0.717) is 12.8 Å². The van der Waals surface area contributed by atoms with E-state index in [1.807, 2.05) is 10.8 Å². The van der Waals surface area contributed by atoms with E-state index in [1.54, 1.807) is 6.07 Å². The quantitative estimate of drug-likeness (QED) is 0.733. The van der Waals surface area contributed by atoms with Gasteiger partial charge in [0.25, 0.3) is 0 Å². The van der Waals surface area contributed by atoms with E-state index in [-0.39, 0.29) is 12.5 Å². The highest BCUT2D eigenvalue weighted by molar-refractivity contribution is 7.07. The fourth-order valence-electron chi connectivity index (χ4n) is 1.91. The fraction of sp³-hybridized carbons (Fsp3) is 0.500. The van der Waals surface area contributed by atoms with Crippen LogP contribution in [0.25, 0.3) is 0 Å². The number of hydrogen-bond acceptors (Lipinski definition) is 5. The number of hydrogen-bond donors (Lipinski definition) is 3. The Hall–Kier alpha value is -1.44. The van der Waals surface area contributed by atoms with Gasteiger partial charge in [0, 0.05) is 6.54 Å². The van der Waals surface area contributed by atoms with Crippen LogP contribution in [0.15, 0.2) is 16.8 Å². The van der Waals surface area contributed by atoms with Gasteiger partial charge in [-0.1, -0.05) is 0 Å². The molecule has 1 fully saturated rings. The van der Waals surface area contributed by atoms with Gasteiger partial charge >= 0.3 is 5.97 Å². The highest BCUT2D eigenvalue weighted by atomic mass is 32.1. The average Bonchev–Trinajstić information content (AvgIpc) is 3.05. The molecule has 1 aromatic rings. The third-order valence-corrected chi connectivity index (χ3v) is 3.69. The van der Waals surface area contributed by atoms with Crippen molar-refractivity contribution in [3.63, 3.8) is 0 Å². The van der Waals surface area contributed by atoms with Gasteiger partial charge in [0.15, 0.2) is 6.10 Å². The molecule has 3 N–H and O–H groups in total. The minimum atomic E-state index is -1.05. The lowest BCUT2D eigenvalue weighted by Crippen LogP contribution is -2.37. The molecule has 1 aromatic heterocycles. The molecule has 0 bridgehead atoms. The fourth-order valence-corrected chi connectivity index (χ4v) is 2.61. The monoisotopic (exact) mass is 285 g/mol. The minimum absolute atomic E-state index is 0.0904. The molecule has 2 heterocycles. The molecule has 2 rings (SSSR count). The Bertz CT molecular complexity index is 447. The van der Waals surface area contributed by atoms with Gasteiger partial charge in [-0.05, 0) is 35.2 Å². The number of carbonyl (C=O) groups is 2. The Balaban J connectivity index is 1.78. The topological polar surface area (TPSA) is 95.9 Å². The largest absolute Gasteiger partial charge is 0.479 e. The number of carboxylic acids is 1. The lowest BCUT2D eigenvalue weighted by atomic mass is 10.1. The summed E-state index contributed by atoms with van der Waals surface area (Å²) in [6, 6.07) is 1.79. The predicted octanol–water partition coefficient (Wildman–Crippen LogP) is 0.530. The molecule has 0 aromatic carbocycles. The van der Waals surface area contributed by atoms with Crippen LogP contribution in [0.1, 0.15) is 24.5 Å². The molecule has 1 amide bonds. The van der Waals surface area contributed by atoms with Crippen molar-refractivity contribution in [3.05, 3.63) is 22.4 Å². The summed E-state index contributed by atoms with van der Waals surface area (Å²) in [5.74, 6) is -1.42. The van der Waals surface area contributed by atoms with Gasteiger partial charge in [0.05, 0.1) is 6.10 Å². The second kappa shape index (κ2) is 6.14. The predicted molar refractivity (Wildman–Crippen MR) is 67.8 cm³/mol. The first-order valence-corrected chi connectivity index (χ1v) is 6.88. The molecule has 19 heavy (non-hydrogen) atoms. The average molecular weight is 285 g/mol. The smallest absolute Gasteiger partial charge is 0.332 e. The lowest BCUT2D eigenvalue weighted by molar-refractivity contribution is -0.151. The standard InChI is InChI=1S/C12H15NO5S/c14-8(7-3-4-19-6-7)5-13-11(15)9-1-2-10(18-9)12(16)17/h3-4,6,8-10,14H,1-2,5H2,(H,13,15)(H,16,17). The van der Waals surface area contributed by atoms with E-state index in [0.717, 1.165) is 5.56 Å². The Morgan fingerprint density at radius 3 is 2.79 bits per heavy atom. The van der Waals surface area contributed by atoms with Crippen molar-refractivity contribution in [1.29, 1.82) is 0 Å². The van der Waals surface area contributed by atoms with Gasteiger partial charge in [-0.3, -0.25) is 4.79 Å². The van der Waals surface area contributed by atoms with E-state index in [2.05, 4.69) is 5.32 Å². The van der Waals surface area contributed by atoms with Crippen LogP contribution >= 0.6 is 11.3 Å². The van der Waals surface area contributed by atoms with Crippen molar-refractivity contribution in [1.82, 2.24) is 5.32 Å². The zero-order valence-electron chi connectivity index (χ0n) is 10.1. The minimum Gasteiger partial charge on any atom is -0.479 e. The summed E-state index contributed by atoms with van der Waals surface area (Å²) in [4.78, 5) is 22.4. The summed E-state index contributed by atoms with van der Waals surface area (Å²) < 4.78 is 5.12. The molecule has 3 unspecified atom stereocenters. The zero-order chi connectivity index (χ0) is 13.8. The Morgan fingerprint density at radius 1 is 1.47 bits per heavy atom. The van der Waals surface area contributed by atoms with Crippen LogP contribution in [0.4, 0.5) is 0 Å². The number of carbonyl (C=O) groups excluding carboxylic acids is 1. The summed E-state index contributed by atoms with van der Waals surface area (Å²) in [6.45, 7) is 0.0904. The van der Waals surface area contributed by atoms with E-state index in [9.17, 15) is 14.7 Å². The molecule has 0 radical (unpaired) electrons. The Kier molecular flexibility index (Phi) is 4.52. The highest BCUT2D eigenvalue weighted by Crippen LogP contribution is 2.20. The summed E-state index contributed by atoms with van der Waals surface area (Å²) in [7, 11) is 0. The first-order chi connectivity index (χ1) is 9.08. The van der Waals surface area contributed by atoms with Crippen molar-refractivity contribution < 1.29 is 24.5 Å². The number of aliphatic carboxylic acids is 1. The molecule has 3 atom stereocenters. The summed E-state index contributed by atoms with van der Waals surface area (Å²) in [5, 5.41) is 24.8. The Labute approximate surface area is 114 Å². The van der Waals surface area contributed by atoms with Gasteiger partial charge in [0.1, 0.15) is 6.10 Å². The van der Waals surface area contributed by atoms with Crippen molar-refractivity contribution >= 4 is 23.2 Å². The highest BCUT2D eigenvalue weighted by Gasteiger charge is 2.34. The van der Waals surface area contributed by atoms with Crippen LogP contribution in [-0.4, -0.2) is 40.8 Å². The maximum atomic E-state index is 11.7. The molecule has 7 heteroatoms. The van der Waals surface area contributed by atoms with Crippen molar-refractivity contribution in [3.8, 4) is 0 Å². The molecule has 0 aliphatic carbocycles. The molecular formula is C12H15NO5S. The molecule has 6 nitrogen and oxygen atoms in total. The molecule has 1 aliphatic rings. The van der Waals surface area contributed by atoms with Gasteiger partial charge < -0.3 is 20.3 Å². The van der Waals surface area contributed by atoms with E-state index >= 15 is 0 Å². The van der Waals surface area contributed by atoms with Gasteiger partial charge in [-0.2, -0.15) is 11.3 Å². The first-order valence-electron chi connectivity index (χ1n) is 5.94. The molecule has 0 spiro atoms. The van der Waals surface area contributed by atoms with Gasteiger partial charge in [-0.25, -0.2) is 4.79 Å². The van der Waals surface area contributed by atoms with E-state index < -0.39 is 24.3 Å². The van der Waals surface area contributed by atoms with Crippen LogP contribution in [0.5, 0.6) is 0 Å². The van der Waals surface area contributed by atoms with Crippen LogP contribution in [0.2, 0.25) is 0 Å². The number of rotatable bonds is 5. The second-order valence-electron chi connectivity index (χ2n) is 4.35. The number of nitrogens with one attached hydrogen (secondary N) is 1. The number of ether oxygens (including phenoxy) is 1. The number of aliphatic hydroxyl groups is 1. The molecule has 1 aliphatic heterocycles. The van der Waals surface area contributed by atoms with Crippen LogP contribution < -0.4 is 5.32 Å². The molecule has 104 valence electrons. The Morgan fingerprint density at radius 2 is 2.21 bits per heavy atom. The summed E-state index contributed by atoms with van der Waals surface area (Å²) in [6.07, 6.45) is -1.68. The third kappa shape index (κ3) is 3.52. The van der Waals surface area contributed by atoms with Crippen LogP contribution in [-0.2, 0) is 14.3 Å². The summed E-state index contributed by atoms with van der Waals surface area (Å²) >= 11 is 1.47. The number of carboxylic acid groups (broad SMARTS) is 1. The van der Waals surface area contributed by atoms with Crippen molar-refractivity contribution in [2.45, 2.75) is 31.2 Å². The molecular weight excluding hydrogens is 270 g/mol. The zero-order valence-corrected chi connectivity index (χ0v) is 10.9. The maximum absolute atomic E-state index is 11.7. The second-order valence-corrected chi connectivity index (χ2v) is 5.13. The van der Waals surface area contributed by atoms with Crippen molar-refractivity contribution in [2.75, 3.05) is 6.54 Å². The van der Waals surface area contributed by atoms with Gasteiger partial charge in [0.2, 0.25) is 5.91 Å². The molecule has 0 saturated carbocycles. The lowest BCUT2D eigenvalue weighted by Gasteiger charge is -2.14. The van der Waals surface area contributed by atoms with Crippen molar-refractivity contribution in [2.24, 2.45) is 0 Å². The third-order valence-electron chi connectivity index (χ3n) is 2.99. The summed E-state index contributed by atoms with van der Waals surface area (Å²) in [5.41, 5.74) is 0.751. The van der Waals surface area contributed by atoms with Crippen LogP contribution in [0, 0.1) is 0 Å². The number of aliphatic hydroxyl groups excluding tert-OH is 1. The first kappa shape index (κ1) is 14.0. The normalized spacial score (nSPS) is 24.1. The van der Waals surface area contributed by atoms with Crippen LogP contribution in [0.3, 0.4) is 0 Å². The maximum Gasteiger partial charge on any atom is 0.332 e.